The van der Waals surface area contributed by atoms with Crippen molar-refractivity contribution in [3.05, 3.63) is 12.2 Å². The minimum Gasteiger partial charge on any atom is -0.463 e. The van der Waals surface area contributed by atoms with Gasteiger partial charge >= 0.3 is 5.97 Å². The fourth-order valence-electron chi connectivity index (χ4n) is 2.49. The number of ether oxygens (including phenoxy) is 1. The van der Waals surface area contributed by atoms with Crippen LogP contribution >= 0.6 is 0 Å². The highest BCUT2D eigenvalue weighted by molar-refractivity contribution is 5.81. The number of nitrogens with one attached hydrogen (secondary N) is 1. The van der Waals surface area contributed by atoms with Crippen molar-refractivity contribution in [3.63, 3.8) is 0 Å². The van der Waals surface area contributed by atoms with Gasteiger partial charge in [0.15, 0.2) is 0 Å². The molecule has 19 heavy (non-hydrogen) atoms. The molecule has 0 aromatic heterocycles. The van der Waals surface area contributed by atoms with Crippen LogP contribution in [0.15, 0.2) is 12.2 Å². The van der Waals surface area contributed by atoms with Gasteiger partial charge in [-0.1, -0.05) is 13.0 Å². The van der Waals surface area contributed by atoms with Crippen molar-refractivity contribution in [3.8, 4) is 0 Å². The number of nitrogens with zero attached hydrogens (tertiary/aromatic N) is 1. The van der Waals surface area contributed by atoms with Crippen molar-refractivity contribution >= 4 is 5.97 Å². The molecule has 110 valence electrons. The van der Waals surface area contributed by atoms with E-state index in [1.54, 1.807) is 6.08 Å². The van der Waals surface area contributed by atoms with E-state index in [4.69, 9.17) is 4.74 Å². The zero-order valence-corrected chi connectivity index (χ0v) is 12.4. The molecule has 1 rings (SSSR count). The van der Waals surface area contributed by atoms with E-state index in [-0.39, 0.29) is 5.97 Å². The third-order valence-electron chi connectivity index (χ3n) is 3.42. The molecule has 0 atom stereocenters. The molecule has 0 aromatic carbocycles. The van der Waals surface area contributed by atoms with Gasteiger partial charge in [0.25, 0.3) is 0 Å². The second-order valence-electron chi connectivity index (χ2n) is 5.11. The Balaban J connectivity index is 2.32. The fraction of sp³-hybridized carbons (Fsp3) is 0.800. The van der Waals surface area contributed by atoms with E-state index in [0.29, 0.717) is 6.61 Å². The zero-order valence-electron chi connectivity index (χ0n) is 12.4. The van der Waals surface area contributed by atoms with E-state index in [0.717, 1.165) is 45.1 Å². The molecule has 0 spiro atoms. The van der Waals surface area contributed by atoms with Crippen molar-refractivity contribution in [2.24, 2.45) is 5.92 Å². The highest BCUT2D eigenvalue weighted by Crippen LogP contribution is 2.13. The van der Waals surface area contributed by atoms with Gasteiger partial charge in [0.2, 0.25) is 0 Å². The first kappa shape index (κ1) is 16.2. The normalized spacial score (nSPS) is 17.2. The van der Waals surface area contributed by atoms with E-state index >= 15 is 0 Å². The lowest BCUT2D eigenvalue weighted by Gasteiger charge is -2.29. The summed E-state index contributed by atoms with van der Waals surface area (Å²) in [7, 11) is 0. The maximum Gasteiger partial charge on any atom is 0.330 e. The molecule has 1 aliphatic rings. The van der Waals surface area contributed by atoms with Gasteiger partial charge in [0, 0.05) is 19.2 Å². The molecule has 4 heteroatoms. The molecule has 0 saturated carbocycles. The standard InChI is InChI=1S/C15H28N2O2/c1-3-11-17(12-5-6-15(18)19-4-2)13-14-7-9-16-10-8-14/h5-6,14,16H,3-4,7-13H2,1-2H3/b6-5+. The predicted molar refractivity (Wildman–Crippen MR) is 78.1 cm³/mol. The van der Waals surface area contributed by atoms with Crippen molar-refractivity contribution in [2.75, 3.05) is 39.3 Å². The average molecular weight is 268 g/mol. The predicted octanol–water partition coefficient (Wildman–Crippen LogP) is 1.82. The minimum absolute atomic E-state index is 0.235. The lowest BCUT2D eigenvalue weighted by Crippen LogP contribution is -2.36. The maximum absolute atomic E-state index is 11.2. The summed E-state index contributed by atoms with van der Waals surface area (Å²) >= 11 is 0. The topological polar surface area (TPSA) is 41.6 Å². The summed E-state index contributed by atoms with van der Waals surface area (Å²) in [5.41, 5.74) is 0. The molecule has 0 unspecified atom stereocenters. The first-order valence-corrected chi connectivity index (χ1v) is 7.52. The second kappa shape index (κ2) is 9.98. The average Bonchev–Trinajstić information content (AvgIpc) is 2.40. The van der Waals surface area contributed by atoms with Crippen LogP contribution in [0.1, 0.15) is 33.1 Å². The molecule has 0 bridgehead atoms. The summed E-state index contributed by atoms with van der Waals surface area (Å²) in [6, 6.07) is 0. The van der Waals surface area contributed by atoms with E-state index in [1.807, 2.05) is 13.0 Å². The molecular formula is C15H28N2O2. The largest absolute Gasteiger partial charge is 0.463 e. The van der Waals surface area contributed by atoms with E-state index in [9.17, 15) is 4.79 Å². The van der Waals surface area contributed by atoms with Gasteiger partial charge < -0.3 is 10.1 Å². The number of hydrogen-bond donors (Lipinski definition) is 1. The molecular weight excluding hydrogens is 240 g/mol. The van der Waals surface area contributed by atoms with Crippen molar-refractivity contribution < 1.29 is 9.53 Å². The molecule has 0 radical (unpaired) electrons. The molecule has 4 nitrogen and oxygen atoms in total. The summed E-state index contributed by atoms with van der Waals surface area (Å²) in [6.45, 7) is 9.83. The van der Waals surface area contributed by atoms with Crippen LogP contribution in [0.3, 0.4) is 0 Å². The number of piperidine rings is 1. The summed E-state index contributed by atoms with van der Waals surface area (Å²) in [5.74, 6) is 0.560. The number of rotatable bonds is 8. The van der Waals surface area contributed by atoms with Crippen molar-refractivity contribution in [2.45, 2.75) is 33.1 Å². The second-order valence-corrected chi connectivity index (χ2v) is 5.11. The first-order valence-electron chi connectivity index (χ1n) is 7.52. The Labute approximate surface area is 117 Å². The minimum atomic E-state index is -0.235. The summed E-state index contributed by atoms with van der Waals surface area (Å²) in [4.78, 5) is 13.7. The Bertz CT molecular complexity index is 273. The number of carbonyl (C=O) groups is 1. The fourth-order valence-corrected chi connectivity index (χ4v) is 2.49. The Morgan fingerprint density at radius 1 is 1.37 bits per heavy atom. The van der Waals surface area contributed by atoms with Crippen LogP contribution in [0.4, 0.5) is 0 Å². The molecule has 1 N–H and O–H groups in total. The lowest BCUT2D eigenvalue weighted by molar-refractivity contribution is -0.137. The molecule has 0 amide bonds. The van der Waals surface area contributed by atoms with Gasteiger partial charge in [-0.3, -0.25) is 4.90 Å². The van der Waals surface area contributed by atoms with Gasteiger partial charge in [-0.25, -0.2) is 4.79 Å². The Hall–Kier alpha value is -0.870. The van der Waals surface area contributed by atoms with Crippen molar-refractivity contribution in [1.82, 2.24) is 10.2 Å². The van der Waals surface area contributed by atoms with E-state index in [1.165, 1.54) is 12.8 Å². The maximum atomic E-state index is 11.2. The summed E-state index contributed by atoms with van der Waals surface area (Å²) < 4.78 is 4.88. The van der Waals surface area contributed by atoms with Crippen LogP contribution < -0.4 is 5.32 Å². The smallest absolute Gasteiger partial charge is 0.330 e. The van der Waals surface area contributed by atoms with Crippen molar-refractivity contribution in [1.29, 1.82) is 0 Å². The number of carbonyl (C=O) groups excluding carboxylic acids is 1. The van der Waals surface area contributed by atoms with Crippen LogP contribution in [0.5, 0.6) is 0 Å². The first-order chi connectivity index (χ1) is 9.26. The Morgan fingerprint density at radius 2 is 2.11 bits per heavy atom. The SMILES string of the molecule is CCCN(C/C=C/C(=O)OCC)CC1CCNCC1. The molecule has 0 aliphatic carbocycles. The van der Waals surface area contributed by atoms with E-state index in [2.05, 4.69) is 17.1 Å². The lowest BCUT2D eigenvalue weighted by atomic mass is 9.97. The van der Waals surface area contributed by atoms with Crippen LogP contribution in [-0.4, -0.2) is 50.2 Å². The monoisotopic (exact) mass is 268 g/mol. The Kier molecular flexibility index (Phi) is 8.50. The van der Waals surface area contributed by atoms with Gasteiger partial charge in [0.1, 0.15) is 0 Å². The van der Waals surface area contributed by atoms with Crippen LogP contribution in [0, 0.1) is 5.92 Å². The molecule has 1 saturated heterocycles. The highest BCUT2D eigenvalue weighted by atomic mass is 16.5. The summed E-state index contributed by atoms with van der Waals surface area (Å²) in [6.07, 6.45) is 7.16. The summed E-state index contributed by atoms with van der Waals surface area (Å²) in [5, 5.41) is 3.40. The Morgan fingerprint density at radius 3 is 2.74 bits per heavy atom. The third-order valence-corrected chi connectivity index (χ3v) is 3.42. The van der Waals surface area contributed by atoms with Crippen LogP contribution in [0.25, 0.3) is 0 Å². The highest BCUT2D eigenvalue weighted by Gasteiger charge is 2.15. The van der Waals surface area contributed by atoms with Gasteiger partial charge in [-0.05, 0) is 51.7 Å². The molecule has 0 aromatic rings. The third kappa shape index (κ3) is 7.33. The van der Waals surface area contributed by atoms with Gasteiger partial charge in [-0.15, -0.1) is 0 Å². The van der Waals surface area contributed by atoms with Gasteiger partial charge in [0.05, 0.1) is 6.61 Å². The quantitative estimate of drug-likeness (QED) is 0.538. The number of hydrogen-bond acceptors (Lipinski definition) is 4. The van der Waals surface area contributed by atoms with Crippen LogP contribution in [0.2, 0.25) is 0 Å². The molecule has 1 fully saturated rings. The van der Waals surface area contributed by atoms with Gasteiger partial charge in [-0.2, -0.15) is 0 Å². The van der Waals surface area contributed by atoms with Crippen LogP contribution in [-0.2, 0) is 9.53 Å². The number of esters is 1. The molecule has 1 aliphatic heterocycles. The van der Waals surface area contributed by atoms with E-state index < -0.39 is 0 Å². The molecule has 1 heterocycles. The zero-order chi connectivity index (χ0) is 13.9.